The smallest absolute Gasteiger partial charge is 0.300 e. The third-order valence-electron chi connectivity index (χ3n) is 6.39. The van der Waals surface area contributed by atoms with Crippen molar-refractivity contribution in [3.05, 3.63) is 11.4 Å². The molecular formula is C28H50N6O9. The third-order valence-corrected chi connectivity index (χ3v) is 6.39. The zero-order chi connectivity index (χ0) is 31.5. The number of amides is 4. The van der Waals surface area contributed by atoms with Gasteiger partial charge in [0, 0.05) is 45.6 Å². The average molecular weight is 615 g/mol. The summed E-state index contributed by atoms with van der Waals surface area (Å²) >= 11 is 0. The van der Waals surface area contributed by atoms with Gasteiger partial charge >= 0.3 is 6.17 Å². The summed E-state index contributed by atoms with van der Waals surface area (Å²) in [6.07, 6.45) is 4.99. The van der Waals surface area contributed by atoms with Crippen LogP contribution < -0.4 is 21.7 Å². The number of carbonyl (C=O) groups is 4. The Morgan fingerprint density at radius 1 is 0.814 bits per heavy atom. The topological polar surface area (TPSA) is 195 Å². The lowest BCUT2D eigenvalue weighted by Crippen LogP contribution is -2.45. The molecule has 1 rings (SSSR count). The summed E-state index contributed by atoms with van der Waals surface area (Å²) in [5.74, 6) is -0.727. The molecule has 1 saturated heterocycles. The lowest BCUT2D eigenvalue weighted by atomic mass is 10.1. The van der Waals surface area contributed by atoms with Crippen LogP contribution in [0.5, 0.6) is 0 Å². The predicted octanol–water partition coefficient (Wildman–Crippen LogP) is -1.07. The number of unbranched alkanes of at least 4 members (excludes halogenated alkanes) is 2. The molecule has 43 heavy (non-hydrogen) atoms. The van der Waals surface area contributed by atoms with Gasteiger partial charge in [0.1, 0.15) is 13.2 Å². The van der Waals surface area contributed by atoms with Gasteiger partial charge in [-0.05, 0) is 38.5 Å². The molecule has 2 atom stereocenters. The van der Waals surface area contributed by atoms with Crippen molar-refractivity contribution in [1.82, 2.24) is 20.9 Å². The molecule has 0 unspecified atom stereocenters. The van der Waals surface area contributed by atoms with Crippen LogP contribution in [0.2, 0.25) is 0 Å². The van der Waals surface area contributed by atoms with Gasteiger partial charge in [-0.25, -0.2) is 6.57 Å². The summed E-state index contributed by atoms with van der Waals surface area (Å²) in [4.78, 5) is 52.6. The van der Waals surface area contributed by atoms with E-state index in [9.17, 15) is 19.2 Å². The molecule has 0 saturated carbocycles. The number of aliphatic hydroxyl groups excluding tert-OH is 1. The molecule has 0 aromatic heterocycles. The van der Waals surface area contributed by atoms with Gasteiger partial charge in [-0.1, -0.05) is 0 Å². The summed E-state index contributed by atoms with van der Waals surface area (Å²) in [6, 6.07) is -0.602. The van der Waals surface area contributed by atoms with E-state index in [4.69, 9.17) is 36.4 Å². The van der Waals surface area contributed by atoms with Gasteiger partial charge in [0.2, 0.25) is 23.6 Å². The second-order valence-corrected chi connectivity index (χ2v) is 9.95. The number of likely N-dealkylation sites (tertiary alicyclic amines) is 1. The van der Waals surface area contributed by atoms with Crippen LogP contribution in [0.4, 0.5) is 0 Å². The van der Waals surface area contributed by atoms with E-state index in [1.165, 1.54) is 0 Å². The molecule has 15 heteroatoms. The van der Waals surface area contributed by atoms with Crippen molar-refractivity contribution in [2.75, 3.05) is 85.6 Å². The van der Waals surface area contributed by atoms with Crippen LogP contribution in [0, 0.1) is 6.57 Å². The van der Waals surface area contributed by atoms with E-state index in [-0.39, 0.29) is 69.4 Å². The number of hydrogen-bond acceptors (Lipinski definition) is 10. The van der Waals surface area contributed by atoms with E-state index in [1.54, 1.807) is 4.90 Å². The number of rotatable bonds is 26. The Hall–Kier alpha value is -2.87. The van der Waals surface area contributed by atoms with Gasteiger partial charge in [-0.3, -0.25) is 28.9 Å². The number of carbonyl (C=O) groups excluding carboxylic acids is 4. The fourth-order valence-corrected chi connectivity index (χ4v) is 4.12. The standard InChI is InChI=1S/C28H50N6O9/c1-30-24-8-6-13-34(24)28(39)23(29)7-2-4-10-31-25(36)9-3-5-15-40-16-11-32-27(38)22-43-20-19-41-17-12-33-26(37)21-42-18-14-35/h23-24,35H,2-22,29H2,(H,31,36)(H,32,38)(H,33,37)/t23-,24-/m0/s1. The van der Waals surface area contributed by atoms with Gasteiger partial charge in [0.15, 0.2) is 0 Å². The van der Waals surface area contributed by atoms with Crippen LogP contribution in [0.1, 0.15) is 51.4 Å². The van der Waals surface area contributed by atoms with Gasteiger partial charge in [-0.2, -0.15) is 0 Å². The maximum atomic E-state index is 12.4. The average Bonchev–Trinajstić information content (AvgIpc) is 3.48. The minimum Gasteiger partial charge on any atom is -0.394 e. The zero-order valence-electron chi connectivity index (χ0n) is 25.2. The van der Waals surface area contributed by atoms with E-state index in [2.05, 4.69) is 20.8 Å². The second kappa shape index (κ2) is 25.6. The number of ether oxygens (including phenoxy) is 4. The quantitative estimate of drug-likeness (QED) is 0.0591. The van der Waals surface area contributed by atoms with Crippen molar-refractivity contribution in [2.45, 2.75) is 63.6 Å². The van der Waals surface area contributed by atoms with Crippen LogP contribution in [0.15, 0.2) is 0 Å². The molecule has 1 aliphatic heterocycles. The summed E-state index contributed by atoms with van der Waals surface area (Å²) in [7, 11) is 0. The molecule has 0 spiro atoms. The third kappa shape index (κ3) is 19.9. The van der Waals surface area contributed by atoms with Crippen LogP contribution in [-0.2, 0) is 38.1 Å². The minimum absolute atomic E-state index is 0.0258. The van der Waals surface area contributed by atoms with Crippen LogP contribution in [0.3, 0.4) is 0 Å². The van der Waals surface area contributed by atoms with Crippen molar-refractivity contribution in [2.24, 2.45) is 5.73 Å². The molecule has 1 heterocycles. The van der Waals surface area contributed by atoms with Crippen LogP contribution in [-0.4, -0.2) is 131 Å². The molecule has 0 aromatic rings. The molecule has 0 bridgehead atoms. The highest BCUT2D eigenvalue weighted by Crippen LogP contribution is 2.19. The van der Waals surface area contributed by atoms with Crippen molar-refractivity contribution < 1.29 is 43.2 Å². The monoisotopic (exact) mass is 614 g/mol. The highest BCUT2D eigenvalue weighted by molar-refractivity contribution is 5.82. The highest BCUT2D eigenvalue weighted by Gasteiger charge is 2.35. The number of nitrogens with zero attached hydrogens (tertiary/aromatic N) is 2. The lowest BCUT2D eigenvalue weighted by molar-refractivity contribution is -0.133. The van der Waals surface area contributed by atoms with Crippen molar-refractivity contribution >= 4 is 23.6 Å². The number of nitrogens with one attached hydrogen (secondary N) is 3. The number of nitrogens with two attached hydrogens (primary N) is 1. The van der Waals surface area contributed by atoms with Gasteiger partial charge in [0.05, 0.1) is 45.7 Å². The first-order chi connectivity index (χ1) is 20.9. The molecule has 15 nitrogen and oxygen atoms in total. The van der Waals surface area contributed by atoms with Gasteiger partial charge in [0.25, 0.3) is 0 Å². The van der Waals surface area contributed by atoms with Crippen LogP contribution >= 0.6 is 0 Å². The first-order valence-electron chi connectivity index (χ1n) is 15.0. The van der Waals surface area contributed by atoms with Gasteiger partial charge < -0.3 is 45.7 Å². The maximum Gasteiger partial charge on any atom is 0.300 e. The van der Waals surface area contributed by atoms with E-state index in [1.807, 2.05) is 0 Å². The second-order valence-electron chi connectivity index (χ2n) is 9.95. The SMILES string of the molecule is [C-]#[N+][C@@H]1CCCN1C(=O)[C@@H](N)CCCCNC(=O)CCCCOCCNC(=O)COCCOCCNC(=O)COCCO. The Balaban J connectivity index is 1.85. The molecule has 1 aliphatic rings. The fourth-order valence-electron chi connectivity index (χ4n) is 4.12. The summed E-state index contributed by atoms with van der Waals surface area (Å²) < 4.78 is 20.9. The fraction of sp³-hybridized carbons (Fsp3) is 0.821. The molecule has 6 N–H and O–H groups in total. The summed E-state index contributed by atoms with van der Waals surface area (Å²) in [5, 5.41) is 16.7. The molecule has 0 radical (unpaired) electrons. The predicted molar refractivity (Wildman–Crippen MR) is 156 cm³/mol. The zero-order valence-corrected chi connectivity index (χ0v) is 25.2. The Kier molecular flexibility index (Phi) is 22.7. The van der Waals surface area contributed by atoms with E-state index in [0.717, 1.165) is 25.7 Å². The van der Waals surface area contributed by atoms with E-state index >= 15 is 0 Å². The van der Waals surface area contributed by atoms with Crippen molar-refractivity contribution in [1.29, 1.82) is 0 Å². The number of hydrogen-bond donors (Lipinski definition) is 5. The summed E-state index contributed by atoms with van der Waals surface area (Å²) in [6.45, 7) is 10.4. The molecule has 4 amide bonds. The molecule has 246 valence electrons. The Morgan fingerprint density at radius 2 is 1.44 bits per heavy atom. The number of aliphatic hydroxyl groups is 1. The first-order valence-corrected chi connectivity index (χ1v) is 15.0. The minimum atomic E-state index is -0.602. The molecular weight excluding hydrogens is 564 g/mol. The molecule has 0 aliphatic carbocycles. The Labute approximate surface area is 254 Å². The lowest BCUT2D eigenvalue weighted by Gasteiger charge is -2.20. The van der Waals surface area contributed by atoms with Crippen molar-refractivity contribution in [3.8, 4) is 0 Å². The Morgan fingerprint density at radius 3 is 2.12 bits per heavy atom. The first kappa shape index (κ1) is 38.2. The van der Waals surface area contributed by atoms with Gasteiger partial charge in [-0.15, -0.1) is 0 Å². The maximum absolute atomic E-state index is 12.4. The van der Waals surface area contributed by atoms with Crippen molar-refractivity contribution in [3.63, 3.8) is 0 Å². The van der Waals surface area contributed by atoms with E-state index in [0.29, 0.717) is 71.7 Å². The molecule has 0 aromatic carbocycles. The Bertz CT molecular complexity index is 842. The molecule has 1 fully saturated rings. The van der Waals surface area contributed by atoms with E-state index < -0.39 is 6.04 Å². The normalized spacial score (nSPS) is 15.1. The largest absolute Gasteiger partial charge is 0.394 e. The van der Waals surface area contributed by atoms with Crippen LogP contribution in [0.25, 0.3) is 4.85 Å². The summed E-state index contributed by atoms with van der Waals surface area (Å²) in [5.41, 5.74) is 6.02. The highest BCUT2D eigenvalue weighted by atomic mass is 16.5.